The Labute approximate surface area is 158 Å². The van der Waals surface area contributed by atoms with E-state index in [1.54, 1.807) is 14.2 Å². The van der Waals surface area contributed by atoms with E-state index in [0.29, 0.717) is 30.5 Å². The van der Waals surface area contributed by atoms with E-state index in [4.69, 9.17) is 19.2 Å². The summed E-state index contributed by atoms with van der Waals surface area (Å²) in [4.78, 5) is 7.60. The van der Waals surface area contributed by atoms with E-state index in [9.17, 15) is 5.11 Å². The molecule has 6 aliphatic heterocycles. The Balaban J connectivity index is 1.54. The lowest BCUT2D eigenvalue weighted by Gasteiger charge is -2.54. The molecule has 6 nitrogen and oxygen atoms in total. The van der Waals surface area contributed by atoms with Gasteiger partial charge < -0.3 is 19.3 Å². The van der Waals surface area contributed by atoms with Crippen molar-refractivity contribution in [3.8, 4) is 11.5 Å². The highest BCUT2D eigenvalue weighted by molar-refractivity contribution is 6.00. The van der Waals surface area contributed by atoms with Crippen molar-refractivity contribution < 1.29 is 19.3 Å². The number of aliphatic hydroxyl groups excluding tert-OH is 1. The smallest absolute Gasteiger partial charge is 0.201 e. The maximum Gasteiger partial charge on any atom is 0.201 e. The van der Waals surface area contributed by atoms with Crippen molar-refractivity contribution in [2.24, 2.45) is 16.8 Å². The number of benzene rings is 1. The summed E-state index contributed by atoms with van der Waals surface area (Å²) in [5.41, 5.74) is 3.29. The van der Waals surface area contributed by atoms with Gasteiger partial charge in [-0.3, -0.25) is 4.90 Å². The maximum absolute atomic E-state index is 9.44. The number of fused-ring (bicyclic) bond motifs is 2. The second-order valence-electron chi connectivity index (χ2n) is 8.35. The van der Waals surface area contributed by atoms with E-state index in [0.717, 1.165) is 42.5 Å². The van der Waals surface area contributed by atoms with Crippen LogP contribution in [0.2, 0.25) is 0 Å². The number of aliphatic hydroxyl groups is 1. The molecular formula is C21H24N2O4. The SMILES string of the molecule is COc1cc(OC)c2c(c1)[C@@]13C[C@H]4[C@@H](COC1=N2)[C@H]1C[C@@H]3N4C/C1=C\CO. The first-order valence-electron chi connectivity index (χ1n) is 9.75. The van der Waals surface area contributed by atoms with Gasteiger partial charge in [-0.15, -0.1) is 0 Å². The molecule has 0 radical (unpaired) electrons. The lowest BCUT2D eigenvalue weighted by molar-refractivity contribution is -0.0154. The summed E-state index contributed by atoms with van der Waals surface area (Å²) in [6, 6.07) is 4.94. The van der Waals surface area contributed by atoms with E-state index in [1.165, 1.54) is 11.1 Å². The van der Waals surface area contributed by atoms with Crippen LogP contribution < -0.4 is 9.47 Å². The Kier molecular flexibility index (Phi) is 3.11. The van der Waals surface area contributed by atoms with E-state index in [-0.39, 0.29) is 12.0 Å². The zero-order valence-corrected chi connectivity index (χ0v) is 15.6. The average Bonchev–Trinajstić information content (AvgIpc) is 3.04. The molecule has 6 atom stereocenters. The van der Waals surface area contributed by atoms with Gasteiger partial charge in [0.25, 0.3) is 0 Å². The molecule has 6 aliphatic rings. The molecule has 5 bridgehead atoms. The summed E-state index contributed by atoms with van der Waals surface area (Å²) >= 11 is 0. The second-order valence-corrected chi connectivity index (χ2v) is 8.35. The molecule has 1 aromatic rings. The second kappa shape index (κ2) is 5.26. The van der Waals surface area contributed by atoms with Gasteiger partial charge in [-0.25, -0.2) is 4.99 Å². The summed E-state index contributed by atoms with van der Waals surface area (Å²) in [5.74, 6) is 3.42. The zero-order chi connectivity index (χ0) is 18.3. The molecule has 1 spiro atoms. The van der Waals surface area contributed by atoms with Crippen LogP contribution in [0.3, 0.4) is 0 Å². The number of nitrogens with zero attached hydrogens (tertiary/aromatic N) is 2. The van der Waals surface area contributed by atoms with E-state index >= 15 is 0 Å². The van der Waals surface area contributed by atoms with Gasteiger partial charge in [-0.2, -0.15) is 0 Å². The fourth-order valence-corrected chi connectivity index (χ4v) is 6.54. The van der Waals surface area contributed by atoms with Crippen LogP contribution in [0.5, 0.6) is 11.5 Å². The molecule has 0 aliphatic carbocycles. The lowest BCUT2D eigenvalue weighted by Crippen LogP contribution is -2.61. The third-order valence-electron chi connectivity index (χ3n) is 7.60. The number of hydrogen-bond donors (Lipinski definition) is 1. The molecule has 1 N–H and O–H groups in total. The highest BCUT2D eigenvalue weighted by atomic mass is 16.5. The summed E-state index contributed by atoms with van der Waals surface area (Å²) in [7, 11) is 3.38. The minimum atomic E-state index is -0.198. The van der Waals surface area contributed by atoms with Crippen molar-refractivity contribution in [1.82, 2.24) is 4.90 Å². The van der Waals surface area contributed by atoms with E-state index < -0.39 is 0 Å². The van der Waals surface area contributed by atoms with Crippen LogP contribution in [-0.4, -0.2) is 62.0 Å². The van der Waals surface area contributed by atoms with Gasteiger partial charge >= 0.3 is 0 Å². The molecule has 27 heavy (non-hydrogen) atoms. The quantitative estimate of drug-likeness (QED) is 0.827. The number of ether oxygens (including phenoxy) is 3. The van der Waals surface area contributed by atoms with E-state index in [2.05, 4.69) is 11.0 Å². The van der Waals surface area contributed by atoms with Crippen molar-refractivity contribution in [2.45, 2.75) is 30.3 Å². The van der Waals surface area contributed by atoms with Crippen LogP contribution in [0.4, 0.5) is 5.69 Å². The highest BCUT2D eigenvalue weighted by Gasteiger charge is 2.69. The molecule has 6 heterocycles. The Hall–Kier alpha value is -2.05. The van der Waals surface area contributed by atoms with Crippen molar-refractivity contribution in [1.29, 1.82) is 0 Å². The molecule has 5 fully saturated rings. The number of hydrogen-bond acceptors (Lipinski definition) is 6. The van der Waals surface area contributed by atoms with Gasteiger partial charge in [0.05, 0.1) is 32.8 Å². The average molecular weight is 368 g/mol. The van der Waals surface area contributed by atoms with Crippen LogP contribution >= 0.6 is 0 Å². The largest absolute Gasteiger partial charge is 0.497 e. The van der Waals surface area contributed by atoms with E-state index in [1.807, 2.05) is 12.1 Å². The topological polar surface area (TPSA) is 63.5 Å². The number of rotatable bonds is 3. The van der Waals surface area contributed by atoms with Gasteiger partial charge in [-0.1, -0.05) is 11.6 Å². The molecule has 1 unspecified atom stereocenters. The van der Waals surface area contributed by atoms with Gasteiger partial charge in [-0.05, 0) is 24.8 Å². The third-order valence-corrected chi connectivity index (χ3v) is 7.60. The Morgan fingerprint density at radius 1 is 1.37 bits per heavy atom. The number of methoxy groups -OCH3 is 2. The molecule has 142 valence electrons. The first kappa shape index (κ1) is 16.0. The van der Waals surface area contributed by atoms with Gasteiger partial charge in [0, 0.05) is 36.2 Å². The normalized spacial score (nSPS) is 41.1. The standard InChI is InChI=1S/C21H24N2O4/c1-25-12-5-15-19(17(6-12)26-2)22-20-21(15)8-16-14(10-27-20)13-7-18(21)23(16)9-11(13)3-4-24/h3,5-6,13-14,16,18,24H,4,7-10H2,1-2H3/b11-3+/t13-,14-,16-,18-,21+/m0/s1. The summed E-state index contributed by atoms with van der Waals surface area (Å²) < 4.78 is 17.6. The first-order chi connectivity index (χ1) is 13.2. The van der Waals surface area contributed by atoms with Crippen LogP contribution in [0.1, 0.15) is 18.4 Å². The Morgan fingerprint density at radius 3 is 3.04 bits per heavy atom. The van der Waals surface area contributed by atoms with Crippen LogP contribution in [0.25, 0.3) is 0 Å². The molecule has 1 aromatic carbocycles. The first-order valence-corrected chi connectivity index (χ1v) is 9.75. The van der Waals surface area contributed by atoms with Crippen LogP contribution in [-0.2, 0) is 10.2 Å². The van der Waals surface area contributed by atoms with Crippen LogP contribution in [0, 0.1) is 11.8 Å². The number of piperidine rings is 3. The fourth-order valence-electron chi connectivity index (χ4n) is 6.54. The van der Waals surface area contributed by atoms with Crippen molar-refractivity contribution in [2.75, 3.05) is 34.0 Å². The Bertz CT molecular complexity index is 894. The summed E-state index contributed by atoms with van der Waals surface area (Å²) in [6.07, 6.45) is 4.17. The predicted molar refractivity (Wildman–Crippen MR) is 99.9 cm³/mol. The highest BCUT2D eigenvalue weighted by Crippen LogP contribution is 2.64. The van der Waals surface area contributed by atoms with Gasteiger partial charge in [0.2, 0.25) is 5.90 Å². The molecule has 0 aromatic heterocycles. The third kappa shape index (κ3) is 1.76. The molecule has 0 amide bonds. The lowest BCUT2D eigenvalue weighted by atomic mass is 9.68. The monoisotopic (exact) mass is 368 g/mol. The Morgan fingerprint density at radius 2 is 2.26 bits per heavy atom. The molecular weight excluding hydrogens is 344 g/mol. The fraction of sp³-hybridized carbons (Fsp3) is 0.571. The maximum atomic E-state index is 9.44. The van der Waals surface area contributed by atoms with Gasteiger partial charge in [0.1, 0.15) is 17.2 Å². The summed E-state index contributed by atoms with van der Waals surface area (Å²) in [5, 5.41) is 9.44. The molecule has 7 rings (SSSR count). The van der Waals surface area contributed by atoms with Crippen LogP contribution in [0.15, 0.2) is 28.8 Å². The molecule has 5 saturated heterocycles. The minimum absolute atomic E-state index is 0.123. The molecule has 6 heteroatoms. The predicted octanol–water partition coefficient (Wildman–Crippen LogP) is 2.03. The number of aliphatic imine (C=N–C) groups is 1. The summed E-state index contributed by atoms with van der Waals surface area (Å²) in [6.45, 7) is 1.79. The van der Waals surface area contributed by atoms with Gasteiger partial charge in [0.15, 0.2) is 0 Å². The van der Waals surface area contributed by atoms with Crippen molar-refractivity contribution in [3.05, 3.63) is 29.3 Å². The zero-order valence-electron chi connectivity index (χ0n) is 15.6. The molecule has 0 saturated carbocycles. The van der Waals surface area contributed by atoms with Crippen molar-refractivity contribution in [3.63, 3.8) is 0 Å². The van der Waals surface area contributed by atoms with Crippen molar-refractivity contribution >= 4 is 11.6 Å². The minimum Gasteiger partial charge on any atom is -0.497 e.